The summed E-state index contributed by atoms with van der Waals surface area (Å²) in [4.78, 5) is 37.8. The van der Waals surface area contributed by atoms with E-state index in [1.54, 1.807) is 0 Å². The Morgan fingerprint density at radius 3 is 1.10 bits per heavy atom. The molecule has 6 nitrogen and oxygen atoms in total. The highest BCUT2D eigenvalue weighted by molar-refractivity contribution is 5.71. The zero-order chi connectivity index (χ0) is 43.0. The predicted octanol–water partition coefficient (Wildman–Crippen LogP) is 14.7. The molecule has 0 aromatic carbocycles. The third-order valence-electron chi connectivity index (χ3n) is 8.88. The first-order chi connectivity index (χ1) is 29.0. The second-order valence-corrected chi connectivity index (χ2v) is 14.4. The largest absolute Gasteiger partial charge is 0.462 e. The van der Waals surface area contributed by atoms with Crippen molar-refractivity contribution >= 4 is 17.9 Å². The van der Waals surface area contributed by atoms with Crippen molar-refractivity contribution in [3.8, 4) is 0 Å². The molecule has 0 saturated carbocycles. The highest BCUT2D eigenvalue weighted by Crippen LogP contribution is 2.11. The van der Waals surface area contributed by atoms with Gasteiger partial charge in [-0.25, -0.2) is 0 Å². The van der Waals surface area contributed by atoms with Crippen molar-refractivity contribution < 1.29 is 28.6 Å². The molecule has 0 aliphatic heterocycles. The third kappa shape index (κ3) is 44.5. The van der Waals surface area contributed by atoms with Crippen molar-refractivity contribution in [1.29, 1.82) is 0 Å². The van der Waals surface area contributed by atoms with Gasteiger partial charge in [0.1, 0.15) is 13.2 Å². The van der Waals surface area contributed by atoms with E-state index in [2.05, 4.69) is 57.2 Å². The third-order valence-corrected chi connectivity index (χ3v) is 8.88. The molecule has 0 bridgehead atoms. The standard InChI is InChI=1S/C53H80O6/c1-4-7-10-13-16-19-22-24-26-28-31-34-37-40-43-46-52(55)58-49-50(48-57-51(54)45-42-39-36-33-30-21-18-15-12-9-6-3)59-53(56)47-44-41-38-35-32-29-27-25-23-20-17-14-11-8-5-2/h7-8,10-11,13-20,22-29,31-32,50H,4-6,9,12,21,30,33-49H2,1-3H3/b10-7-,11-8-,16-13-,17-14-,18-15-,22-19-,23-20-,26-24-,27-25-,31-28-,32-29-. The van der Waals surface area contributed by atoms with E-state index in [0.29, 0.717) is 19.3 Å². The van der Waals surface area contributed by atoms with E-state index in [4.69, 9.17) is 14.2 Å². The Morgan fingerprint density at radius 1 is 0.356 bits per heavy atom. The Morgan fingerprint density at radius 2 is 0.678 bits per heavy atom. The van der Waals surface area contributed by atoms with Crippen LogP contribution in [0.5, 0.6) is 0 Å². The van der Waals surface area contributed by atoms with Crippen molar-refractivity contribution in [3.63, 3.8) is 0 Å². The maximum absolute atomic E-state index is 12.7. The monoisotopic (exact) mass is 813 g/mol. The molecule has 0 rings (SSSR count). The highest BCUT2D eigenvalue weighted by atomic mass is 16.6. The number of rotatable bonds is 38. The maximum atomic E-state index is 12.7. The average molecular weight is 813 g/mol. The Bertz CT molecular complexity index is 1350. The van der Waals surface area contributed by atoms with Gasteiger partial charge in [0.05, 0.1) is 0 Å². The topological polar surface area (TPSA) is 78.9 Å². The summed E-state index contributed by atoms with van der Waals surface area (Å²) in [5.74, 6) is -1.03. The molecule has 0 radical (unpaired) electrons. The molecule has 0 saturated heterocycles. The van der Waals surface area contributed by atoms with Gasteiger partial charge in [0.2, 0.25) is 0 Å². The summed E-state index contributed by atoms with van der Waals surface area (Å²) >= 11 is 0. The molecule has 6 heteroatoms. The lowest BCUT2D eigenvalue weighted by atomic mass is 10.1. The van der Waals surface area contributed by atoms with Crippen molar-refractivity contribution in [3.05, 3.63) is 134 Å². The van der Waals surface area contributed by atoms with Crippen LogP contribution in [0.3, 0.4) is 0 Å². The van der Waals surface area contributed by atoms with Crippen LogP contribution in [0.1, 0.15) is 162 Å². The summed E-state index contributed by atoms with van der Waals surface area (Å²) in [5, 5.41) is 0. The molecule has 0 spiro atoms. The molecule has 59 heavy (non-hydrogen) atoms. The molecule has 1 unspecified atom stereocenters. The molecule has 0 aromatic heterocycles. The number of allylic oxidation sites excluding steroid dienone is 22. The molecular formula is C53H80O6. The normalized spacial score (nSPS) is 13.3. The van der Waals surface area contributed by atoms with Crippen LogP contribution in [-0.2, 0) is 28.6 Å². The zero-order valence-electron chi connectivity index (χ0n) is 37.2. The van der Waals surface area contributed by atoms with Gasteiger partial charge in [-0.2, -0.15) is 0 Å². The van der Waals surface area contributed by atoms with E-state index in [0.717, 1.165) is 89.9 Å². The summed E-state index contributed by atoms with van der Waals surface area (Å²) in [5.41, 5.74) is 0. The minimum absolute atomic E-state index is 0.120. The summed E-state index contributed by atoms with van der Waals surface area (Å²) in [6, 6.07) is 0. The first-order valence-corrected chi connectivity index (χ1v) is 22.8. The van der Waals surface area contributed by atoms with Crippen LogP contribution in [0, 0.1) is 0 Å². The Hall–Kier alpha value is -4.45. The Kier molecular flexibility index (Phi) is 42.8. The van der Waals surface area contributed by atoms with Gasteiger partial charge < -0.3 is 14.2 Å². The SMILES string of the molecule is CC\C=C/C=C\C=C/C=C\C=C/CCCCCC(=O)OCC(COC(=O)CCCCCCC/C=C\CCCC)OC(=O)CCCCC\C=C/C=C\C=C/C=C\C=C/CC. The fourth-order valence-electron chi connectivity index (χ4n) is 5.46. The second-order valence-electron chi connectivity index (χ2n) is 14.4. The molecule has 0 heterocycles. The number of ether oxygens (including phenoxy) is 3. The van der Waals surface area contributed by atoms with Crippen LogP contribution in [-0.4, -0.2) is 37.2 Å². The summed E-state index contributed by atoms with van der Waals surface area (Å²) < 4.78 is 16.6. The van der Waals surface area contributed by atoms with Gasteiger partial charge >= 0.3 is 17.9 Å². The van der Waals surface area contributed by atoms with E-state index >= 15 is 0 Å². The van der Waals surface area contributed by atoms with Gasteiger partial charge in [-0.05, 0) is 77.0 Å². The molecule has 0 amide bonds. The van der Waals surface area contributed by atoms with E-state index in [-0.39, 0.29) is 37.5 Å². The quantitative estimate of drug-likeness (QED) is 0.0203. The van der Waals surface area contributed by atoms with E-state index < -0.39 is 6.10 Å². The van der Waals surface area contributed by atoms with Crippen LogP contribution in [0.15, 0.2) is 134 Å². The lowest BCUT2D eigenvalue weighted by Crippen LogP contribution is -2.30. The van der Waals surface area contributed by atoms with Crippen LogP contribution in [0.2, 0.25) is 0 Å². The molecule has 0 aliphatic rings. The van der Waals surface area contributed by atoms with Gasteiger partial charge in [-0.3, -0.25) is 14.4 Å². The number of unbranched alkanes of at least 4 members (excludes halogenated alkanes) is 13. The first-order valence-electron chi connectivity index (χ1n) is 22.8. The van der Waals surface area contributed by atoms with Crippen LogP contribution >= 0.6 is 0 Å². The predicted molar refractivity (Wildman–Crippen MR) is 251 cm³/mol. The molecule has 0 fully saturated rings. The van der Waals surface area contributed by atoms with Crippen molar-refractivity contribution in [2.45, 2.75) is 168 Å². The fourth-order valence-corrected chi connectivity index (χ4v) is 5.46. The van der Waals surface area contributed by atoms with Crippen LogP contribution in [0.4, 0.5) is 0 Å². The van der Waals surface area contributed by atoms with Gasteiger partial charge in [0.15, 0.2) is 6.10 Å². The highest BCUT2D eigenvalue weighted by Gasteiger charge is 2.19. The molecular weight excluding hydrogens is 733 g/mol. The number of carbonyl (C=O) groups is 3. The molecule has 1 atom stereocenters. The average Bonchev–Trinajstić information content (AvgIpc) is 3.23. The molecule has 328 valence electrons. The number of hydrogen-bond donors (Lipinski definition) is 0. The minimum Gasteiger partial charge on any atom is -0.462 e. The Labute approximate surface area is 360 Å². The molecule has 0 aliphatic carbocycles. The zero-order valence-corrected chi connectivity index (χ0v) is 37.2. The lowest BCUT2D eigenvalue weighted by Gasteiger charge is -2.18. The maximum Gasteiger partial charge on any atom is 0.306 e. The smallest absolute Gasteiger partial charge is 0.306 e. The molecule has 0 aromatic rings. The van der Waals surface area contributed by atoms with Gasteiger partial charge in [0.25, 0.3) is 0 Å². The summed E-state index contributed by atoms with van der Waals surface area (Å²) in [6.45, 7) is 6.19. The van der Waals surface area contributed by atoms with Gasteiger partial charge in [0, 0.05) is 19.3 Å². The van der Waals surface area contributed by atoms with Gasteiger partial charge in [-0.15, -0.1) is 0 Å². The number of hydrogen-bond acceptors (Lipinski definition) is 6. The summed E-state index contributed by atoms with van der Waals surface area (Å²) in [6.07, 6.45) is 64.3. The van der Waals surface area contributed by atoms with Crippen molar-refractivity contribution in [1.82, 2.24) is 0 Å². The first kappa shape index (κ1) is 54.6. The van der Waals surface area contributed by atoms with Gasteiger partial charge in [-0.1, -0.05) is 199 Å². The minimum atomic E-state index is -0.824. The fraction of sp³-hybridized carbons (Fsp3) is 0.528. The Balaban J connectivity index is 4.60. The van der Waals surface area contributed by atoms with Crippen LogP contribution < -0.4 is 0 Å². The van der Waals surface area contributed by atoms with Crippen molar-refractivity contribution in [2.75, 3.05) is 13.2 Å². The summed E-state index contributed by atoms with van der Waals surface area (Å²) in [7, 11) is 0. The lowest BCUT2D eigenvalue weighted by molar-refractivity contribution is -0.167. The van der Waals surface area contributed by atoms with E-state index in [1.807, 2.05) is 97.2 Å². The number of esters is 3. The second kappa shape index (κ2) is 46.2. The van der Waals surface area contributed by atoms with Crippen molar-refractivity contribution in [2.24, 2.45) is 0 Å². The van der Waals surface area contributed by atoms with E-state index in [9.17, 15) is 14.4 Å². The van der Waals surface area contributed by atoms with Crippen LogP contribution in [0.25, 0.3) is 0 Å². The molecule has 0 N–H and O–H groups in total. The van der Waals surface area contributed by atoms with E-state index in [1.165, 1.54) is 25.7 Å². The number of carbonyl (C=O) groups excluding carboxylic acids is 3.